The Balaban J connectivity index is 1.83. The molecule has 2 N–H and O–H groups in total. The van der Waals surface area contributed by atoms with E-state index in [0.29, 0.717) is 12.6 Å². The minimum absolute atomic E-state index is 0.535. The molecule has 0 radical (unpaired) electrons. The minimum atomic E-state index is 0.535. The number of hydrogen-bond donors (Lipinski definition) is 1. The van der Waals surface area contributed by atoms with Crippen LogP contribution in [0.25, 0.3) is 0 Å². The van der Waals surface area contributed by atoms with E-state index in [1.807, 2.05) is 24.3 Å². The van der Waals surface area contributed by atoms with Crippen molar-refractivity contribution in [1.29, 1.82) is 0 Å². The van der Waals surface area contributed by atoms with Gasteiger partial charge in [0.1, 0.15) is 12.4 Å². The maximum atomic E-state index is 5.89. The molecule has 0 amide bonds. The molecule has 1 saturated heterocycles. The van der Waals surface area contributed by atoms with E-state index in [0.717, 1.165) is 30.4 Å². The summed E-state index contributed by atoms with van der Waals surface area (Å²) in [5, 5.41) is 0. The number of piperidine rings is 1. The van der Waals surface area contributed by atoms with Crippen molar-refractivity contribution >= 4 is 0 Å². The lowest BCUT2D eigenvalue weighted by molar-refractivity contribution is 0.0956. The average Bonchev–Trinajstić information content (AvgIpc) is 2.44. The molecule has 106 valence electrons. The smallest absolute Gasteiger partial charge is 0.123 e. The fraction of sp³-hybridized carbons (Fsp3) is 0.625. The van der Waals surface area contributed by atoms with Gasteiger partial charge in [-0.2, -0.15) is 0 Å². The first-order valence-electron chi connectivity index (χ1n) is 7.37. The van der Waals surface area contributed by atoms with Gasteiger partial charge in [0.15, 0.2) is 0 Å². The van der Waals surface area contributed by atoms with Crippen LogP contribution in [0.15, 0.2) is 24.3 Å². The second-order valence-corrected chi connectivity index (χ2v) is 5.56. The van der Waals surface area contributed by atoms with Gasteiger partial charge in [0.25, 0.3) is 0 Å². The second kappa shape index (κ2) is 6.92. The van der Waals surface area contributed by atoms with Crippen LogP contribution in [0.1, 0.15) is 32.3 Å². The Labute approximate surface area is 116 Å². The van der Waals surface area contributed by atoms with E-state index in [-0.39, 0.29) is 0 Å². The lowest BCUT2D eigenvalue weighted by atomic mass is 9.92. The Hall–Kier alpha value is -1.06. The molecule has 0 aromatic heterocycles. The van der Waals surface area contributed by atoms with Gasteiger partial charge in [0.2, 0.25) is 0 Å². The van der Waals surface area contributed by atoms with Gasteiger partial charge in [-0.3, -0.25) is 4.90 Å². The molecule has 1 aliphatic rings. The molecule has 2 rings (SSSR count). The molecule has 1 heterocycles. The van der Waals surface area contributed by atoms with Gasteiger partial charge in [-0.05, 0) is 38.3 Å². The first-order chi connectivity index (χ1) is 9.22. The summed E-state index contributed by atoms with van der Waals surface area (Å²) in [7, 11) is 0. The summed E-state index contributed by atoms with van der Waals surface area (Å²) in [4.78, 5) is 2.54. The largest absolute Gasteiger partial charge is 0.492 e. The van der Waals surface area contributed by atoms with Crippen LogP contribution in [0.2, 0.25) is 0 Å². The quantitative estimate of drug-likeness (QED) is 0.886. The van der Waals surface area contributed by atoms with Crippen molar-refractivity contribution in [2.45, 2.75) is 39.3 Å². The van der Waals surface area contributed by atoms with Gasteiger partial charge in [-0.1, -0.05) is 25.1 Å². The number of nitrogens with zero attached hydrogens (tertiary/aromatic N) is 1. The Bertz CT molecular complexity index is 394. The van der Waals surface area contributed by atoms with Crippen LogP contribution in [-0.4, -0.2) is 30.6 Å². The van der Waals surface area contributed by atoms with Gasteiger partial charge in [-0.15, -0.1) is 0 Å². The third kappa shape index (κ3) is 3.71. The zero-order chi connectivity index (χ0) is 13.7. The van der Waals surface area contributed by atoms with Crippen LogP contribution in [0.5, 0.6) is 5.75 Å². The molecule has 1 aromatic rings. The van der Waals surface area contributed by atoms with Gasteiger partial charge in [0.05, 0.1) is 0 Å². The predicted octanol–water partition coefficient (Wildman–Crippen LogP) is 2.64. The summed E-state index contributed by atoms with van der Waals surface area (Å²) in [6.45, 7) is 8.16. The first kappa shape index (κ1) is 14.4. The van der Waals surface area contributed by atoms with Crippen molar-refractivity contribution in [3.05, 3.63) is 29.8 Å². The molecule has 3 nitrogen and oxygen atoms in total. The number of rotatable bonds is 5. The number of likely N-dealkylation sites (tertiary alicyclic amines) is 1. The third-order valence-electron chi connectivity index (χ3n) is 4.33. The van der Waals surface area contributed by atoms with Crippen LogP contribution in [0.4, 0.5) is 0 Å². The highest BCUT2D eigenvalue weighted by atomic mass is 16.5. The summed E-state index contributed by atoms with van der Waals surface area (Å²) in [5.74, 6) is 1.73. The van der Waals surface area contributed by atoms with Crippen LogP contribution in [0.3, 0.4) is 0 Å². The summed E-state index contributed by atoms with van der Waals surface area (Å²) >= 11 is 0. The highest BCUT2D eigenvalue weighted by Gasteiger charge is 2.24. The fourth-order valence-corrected chi connectivity index (χ4v) is 2.82. The molecule has 1 aromatic carbocycles. The van der Waals surface area contributed by atoms with E-state index in [1.165, 1.54) is 19.4 Å². The van der Waals surface area contributed by atoms with Crippen LogP contribution < -0.4 is 10.5 Å². The Kier molecular flexibility index (Phi) is 5.23. The number of nitrogens with two attached hydrogens (primary N) is 1. The van der Waals surface area contributed by atoms with E-state index >= 15 is 0 Å². The minimum Gasteiger partial charge on any atom is -0.492 e. The second-order valence-electron chi connectivity index (χ2n) is 5.56. The zero-order valence-electron chi connectivity index (χ0n) is 12.1. The highest BCUT2D eigenvalue weighted by Crippen LogP contribution is 2.23. The van der Waals surface area contributed by atoms with Crippen molar-refractivity contribution in [3.63, 3.8) is 0 Å². The maximum Gasteiger partial charge on any atom is 0.123 e. The summed E-state index contributed by atoms with van der Waals surface area (Å²) in [6, 6.07) is 8.71. The summed E-state index contributed by atoms with van der Waals surface area (Å²) in [5.41, 5.74) is 6.80. The molecule has 1 aliphatic heterocycles. The van der Waals surface area contributed by atoms with Gasteiger partial charge >= 0.3 is 0 Å². The molecule has 2 atom stereocenters. The summed E-state index contributed by atoms with van der Waals surface area (Å²) in [6.07, 6.45) is 2.67. The van der Waals surface area contributed by atoms with Crippen molar-refractivity contribution in [3.8, 4) is 5.75 Å². The van der Waals surface area contributed by atoms with E-state index < -0.39 is 0 Å². The zero-order valence-corrected chi connectivity index (χ0v) is 12.1. The van der Waals surface area contributed by atoms with Gasteiger partial charge < -0.3 is 10.5 Å². The van der Waals surface area contributed by atoms with Crippen molar-refractivity contribution in [1.82, 2.24) is 4.90 Å². The summed E-state index contributed by atoms with van der Waals surface area (Å²) < 4.78 is 5.89. The third-order valence-corrected chi connectivity index (χ3v) is 4.33. The molecule has 2 unspecified atom stereocenters. The average molecular weight is 262 g/mol. The SMILES string of the molecule is CC1CCCN(CCOc2ccccc2CN)C1C. The number of para-hydroxylation sites is 1. The number of hydrogen-bond acceptors (Lipinski definition) is 3. The van der Waals surface area contributed by atoms with E-state index in [2.05, 4.69) is 18.7 Å². The molecular weight excluding hydrogens is 236 g/mol. The Morgan fingerprint density at radius 2 is 2.11 bits per heavy atom. The fourth-order valence-electron chi connectivity index (χ4n) is 2.82. The van der Waals surface area contributed by atoms with E-state index in [9.17, 15) is 0 Å². The molecule has 1 fully saturated rings. The molecule has 3 heteroatoms. The van der Waals surface area contributed by atoms with Gasteiger partial charge in [0, 0.05) is 24.7 Å². The van der Waals surface area contributed by atoms with Crippen molar-refractivity contribution < 1.29 is 4.74 Å². The molecule has 0 spiro atoms. The van der Waals surface area contributed by atoms with Crippen molar-refractivity contribution in [2.24, 2.45) is 11.7 Å². The van der Waals surface area contributed by atoms with Crippen LogP contribution >= 0.6 is 0 Å². The van der Waals surface area contributed by atoms with Gasteiger partial charge in [-0.25, -0.2) is 0 Å². The molecule has 0 bridgehead atoms. The monoisotopic (exact) mass is 262 g/mol. The lowest BCUT2D eigenvalue weighted by Gasteiger charge is -2.37. The maximum absolute atomic E-state index is 5.89. The topological polar surface area (TPSA) is 38.5 Å². The van der Waals surface area contributed by atoms with E-state index in [4.69, 9.17) is 10.5 Å². The Morgan fingerprint density at radius 3 is 2.89 bits per heavy atom. The first-order valence-corrected chi connectivity index (χ1v) is 7.37. The van der Waals surface area contributed by atoms with Crippen LogP contribution in [-0.2, 0) is 6.54 Å². The molecule has 0 saturated carbocycles. The van der Waals surface area contributed by atoms with Crippen LogP contribution in [0, 0.1) is 5.92 Å². The molecule has 0 aliphatic carbocycles. The molecular formula is C16H26N2O. The predicted molar refractivity (Wildman–Crippen MR) is 79.3 cm³/mol. The molecule has 19 heavy (non-hydrogen) atoms. The standard InChI is InChI=1S/C16H26N2O/c1-13-6-5-9-18(14(13)2)10-11-19-16-8-4-3-7-15(16)12-17/h3-4,7-8,13-14H,5-6,9-12,17H2,1-2H3. The lowest BCUT2D eigenvalue weighted by Crippen LogP contribution is -2.44. The Morgan fingerprint density at radius 1 is 1.32 bits per heavy atom. The van der Waals surface area contributed by atoms with E-state index in [1.54, 1.807) is 0 Å². The normalized spacial score (nSPS) is 24.4. The van der Waals surface area contributed by atoms with Crippen molar-refractivity contribution in [2.75, 3.05) is 19.7 Å². The number of ether oxygens (including phenoxy) is 1. The highest BCUT2D eigenvalue weighted by molar-refractivity contribution is 5.32. The number of benzene rings is 1.